The number of hydrogen-bond donors (Lipinski definition) is 1. The summed E-state index contributed by atoms with van der Waals surface area (Å²) in [6.45, 7) is 5.21. The Morgan fingerprint density at radius 3 is 2.24 bits per heavy atom. The van der Waals surface area contributed by atoms with Crippen molar-refractivity contribution in [1.29, 1.82) is 0 Å². The Morgan fingerprint density at radius 1 is 0.902 bits per heavy atom. The van der Waals surface area contributed by atoms with Crippen LogP contribution in [0.25, 0.3) is 11.0 Å². The van der Waals surface area contributed by atoms with E-state index in [9.17, 15) is 19.2 Å². The van der Waals surface area contributed by atoms with Gasteiger partial charge < -0.3 is 28.7 Å². The summed E-state index contributed by atoms with van der Waals surface area (Å²) in [4.78, 5) is 49.4. The van der Waals surface area contributed by atoms with Gasteiger partial charge in [0.15, 0.2) is 5.76 Å². The Kier molecular flexibility index (Phi) is 8.72. The zero-order chi connectivity index (χ0) is 29.6. The van der Waals surface area contributed by atoms with Crippen molar-refractivity contribution >= 4 is 29.0 Å². The first kappa shape index (κ1) is 28.9. The van der Waals surface area contributed by atoms with E-state index in [4.69, 9.17) is 23.4 Å². The smallest absolute Gasteiger partial charge is 0.407 e. The Bertz CT molecular complexity index is 1620. The second kappa shape index (κ2) is 12.4. The van der Waals surface area contributed by atoms with Crippen LogP contribution in [0.4, 0.5) is 4.79 Å². The summed E-state index contributed by atoms with van der Waals surface area (Å²) in [6.07, 6.45) is -0.766. The van der Waals surface area contributed by atoms with E-state index in [1.54, 1.807) is 12.1 Å². The lowest BCUT2D eigenvalue weighted by molar-refractivity contribution is -0.133. The lowest BCUT2D eigenvalue weighted by Gasteiger charge is -2.21. The van der Waals surface area contributed by atoms with Crippen LogP contribution in [0.2, 0.25) is 0 Å². The summed E-state index contributed by atoms with van der Waals surface area (Å²) in [7, 11) is 1.29. The van der Waals surface area contributed by atoms with E-state index in [-0.39, 0.29) is 34.8 Å². The van der Waals surface area contributed by atoms with Crippen molar-refractivity contribution in [3.63, 3.8) is 0 Å². The molecule has 1 heterocycles. The molecule has 0 atom stereocenters. The number of benzene rings is 3. The number of esters is 2. The fourth-order valence-electron chi connectivity index (χ4n) is 3.79. The largest absolute Gasteiger partial charge is 0.465 e. The third-order valence-electron chi connectivity index (χ3n) is 5.82. The van der Waals surface area contributed by atoms with Crippen molar-refractivity contribution in [3.8, 4) is 17.2 Å². The van der Waals surface area contributed by atoms with Crippen molar-refractivity contribution in [2.75, 3.05) is 13.7 Å². The fourth-order valence-corrected chi connectivity index (χ4v) is 3.79. The second-order valence-electron chi connectivity index (χ2n) is 10.0. The molecular weight excluding hydrogens is 530 g/mol. The fraction of sp³-hybridized carbons (Fsp3) is 0.226. The number of carbonyl (C=O) groups excluding carboxylic acids is 3. The highest BCUT2D eigenvalue weighted by molar-refractivity contribution is 5.89. The standard InChI is InChI=1S/C31H29NO9/c1-31(2,3)28-27(40-21-12-10-20(11-13-21)29(35)37-4)26(34)23-15-14-22(16-24(23)41-28)39-25(33)17-32-30(36)38-18-19-8-6-5-7-9-19/h5-16H,17-18H2,1-4H3,(H,32,36). The number of carbonyl (C=O) groups is 3. The predicted molar refractivity (Wildman–Crippen MR) is 149 cm³/mol. The van der Waals surface area contributed by atoms with E-state index in [2.05, 4.69) is 5.32 Å². The molecule has 0 radical (unpaired) electrons. The first-order valence-electron chi connectivity index (χ1n) is 12.7. The van der Waals surface area contributed by atoms with E-state index < -0.39 is 35.4 Å². The Labute approximate surface area is 235 Å². The molecule has 0 fully saturated rings. The minimum atomic E-state index is -0.766. The van der Waals surface area contributed by atoms with Crippen LogP contribution in [0.15, 0.2) is 82.0 Å². The van der Waals surface area contributed by atoms with Crippen molar-refractivity contribution in [2.45, 2.75) is 32.8 Å². The molecule has 3 aromatic carbocycles. The van der Waals surface area contributed by atoms with Gasteiger partial charge in [-0.25, -0.2) is 14.4 Å². The molecule has 4 rings (SSSR count). The normalized spacial score (nSPS) is 11.0. The maximum atomic E-state index is 13.5. The molecule has 0 saturated heterocycles. The van der Waals surface area contributed by atoms with Gasteiger partial charge in [-0.3, -0.25) is 4.79 Å². The van der Waals surface area contributed by atoms with Gasteiger partial charge in [-0.1, -0.05) is 51.1 Å². The first-order valence-corrected chi connectivity index (χ1v) is 12.7. The molecule has 10 nitrogen and oxygen atoms in total. The number of alkyl carbamates (subject to hydrolysis) is 1. The van der Waals surface area contributed by atoms with E-state index in [0.29, 0.717) is 11.3 Å². The van der Waals surface area contributed by atoms with Gasteiger partial charge >= 0.3 is 18.0 Å². The topological polar surface area (TPSA) is 130 Å². The molecule has 1 aromatic heterocycles. The molecule has 0 aliphatic rings. The monoisotopic (exact) mass is 559 g/mol. The van der Waals surface area contributed by atoms with Crippen molar-refractivity contribution in [1.82, 2.24) is 5.32 Å². The van der Waals surface area contributed by atoms with Gasteiger partial charge in [0.2, 0.25) is 11.2 Å². The van der Waals surface area contributed by atoms with Crippen molar-refractivity contribution in [3.05, 3.63) is 99.9 Å². The molecule has 4 aromatic rings. The number of ether oxygens (including phenoxy) is 4. The van der Waals surface area contributed by atoms with Crippen LogP contribution in [0.3, 0.4) is 0 Å². The minimum absolute atomic E-state index is 0.00113. The maximum absolute atomic E-state index is 13.5. The number of methoxy groups -OCH3 is 1. The average molecular weight is 560 g/mol. The molecule has 0 spiro atoms. The predicted octanol–water partition coefficient (Wildman–Crippen LogP) is 5.50. The Morgan fingerprint density at radius 2 is 1.59 bits per heavy atom. The molecule has 10 heteroatoms. The molecule has 1 N–H and O–H groups in total. The van der Waals surface area contributed by atoms with Gasteiger partial charge in [-0.15, -0.1) is 0 Å². The molecular formula is C31H29NO9. The number of nitrogens with one attached hydrogen (secondary N) is 1. The van der Waals surface area contributed by atoms with Crippen molar-refractivity contribution < 1.29 is 37.7 Å². The zero-order valence-corrected chi connectivity index (χ0v) is 23.0. The van der Waals surface area contributed by atoms with Crippen LogP contribution >= 0.6 is 0 Å². The lowest BCUT2D eigenvalue weighted by atomic mass is 9.91. The quantitative estimate of drug-likeness (QED) is 0.220. The van der Waals surface area contributed by atoms with Crippen LogP contribution in [-0.4, -0.2) is 31.7 Å². The molecule has 41 heavy (non-hydrogen) atoms. The minimum Gasteiger partial charge on any atom is -0.465 e. The first-order chi connectivity index (χ1) is 19.5. The summed E-state index contributed by atoms with van der Waals surface area (Å²) < 4.78 is 27.2. The summed E-state index contributed by atoms with van der Waals surface area (Å²) in [5.41, 5.74) is 0.277. The van der Waals surface area contributed by atoms with E-state index >= 15 is 0 Å². The van der Waals surface area contributed by atoms with Gasteiger partial charge in [0.1, 0.15) is 30.2 Å². The third-order valence-corrected chi connectivity index (χ3v) is 5.82. The van der Waals surface area contributed by atoms with Gasteiger partial charge in [-0.05, 0) is 42.0 Å². The van der Waals surface area contributed by atoms with Crippen LogP contribution in [-0.2, 0) is 26.3 Å². The molecule has 0 saturated carbocycles. The van der Waals surface area contributed by atoms with E-state index in [1.807, 2.05) is 51.1 Å². The van der Waals surface area contributed by atoms with Crippen LogP contribution in [0.5, 0.6) is 17.2 Å². The van der Waals surface area contributed by atoms with Gasteiger partial charge in [0.25, 0.3) is 0 Å². The molecule has 0 bridgehead atoms. The van der Waals surface area contributed by atoms with Gasteiger partial charge in [-0.2, -0.15) is 0 Å². The molecule has 212 valence electrons. The average Bonchev–Trinajstić information content (AvgIpc) is 2.96. The van der Waals surface area contributed by atoms with E-state index in [1.165, 1.54) is 37.4 Å². The number of amides is 1. The number of hydrogen-bond acceptors (Lipinski definition) is 9. The summed E-state index contributed by atoms with van der Waals surface area (Å²) in [5.74, 6) is -0.508. The summed E-state index contributed by atoms with van der Waals surface area (Å²) >= 11 is 0. The second-order valence-corrected chi connectivity index (χ2v) is 10.0. The van der Waals surface area contributed by atoms with Crippen LogP contribution in [0.1, 0.15) is 42.5 Å². The lowest BCUT2D eigenvalue weighted by Crippen LogP contribution is -2.32. The third kappa shape index (κ3) is 7.30. The van der Waals surface area contributed by atoms with Gasteiger partial charge in [0.05, 0.1) is 18.1 Å². The molecule has 0 aliphatic carbocycles. The summed E-state index contributed by atoms with van der Waals surface area (Å²) in [6, 6.07) is 19.6. The van der Waals surface area contributed by atoms with Crippen LogP contribution in [0, 0.1) is 0 Å². The highest BCUT2D eigenvalue weighted by Gasteiger charge is 2.27. The Hall–Kier alpha value is -5.12. The Balaban J connectivity index is 1.48. The molecule has 0 aliphatic heterocycles. The van der Waals surface area contributed by atoms with Crippen molar-refractivity contribution in [2.24, 2.45) is 0 Å². The van der Waals surface area contributed by atoms with Gasteiger partial charge in [0, 0.05) is 11.5 Å². The SMILES string of the molecule is COC(=O)c1ccc(Oc2c(C(C)(C)C)oc3cc(OC(=O)CNC(=O)OCc4ccccc4)ccc3c2=O)cc1. The molecule has 1 amide bonds. The highest BCUT2D eigenvalue weighted by atomic mass is 16.6. The van der Waals surface area contributed by atoms with Crippen LogP contribution < -0.4 is 20.2 Å². The van der Waals surface area contributed by atoms with E-state index in [0.717, 1.165) is 5.56 Å². The molecule has 0 unspecified atom stereocenters. The zero-order valence-electron chi connectivity index (χ0n) is 23.0. The summed E-state index contributed by atoms with van der Waals surface area (Å²) in [5, 5.41) is 2.55. The maximum Gasteiger partial charge on any atom is 0.407 e. The number of fused-ring (bicyclic) bond motifs is 1. The number of rotatable bonds is 8. The highest BCUT2D eigenvalue weighted by Crippen LogP contribution is 2.35.